The van der Waals surface area contributed by atoms with Crippen molar-refractivity contribution in [2.45, 2.75) is 6.92 Å². The Labute approximate surface area is 142 Å². The van der Waals surface area contributed by atoms with E-state index >= 15 is 0 Å². The first-order chi connectivity index (χ1) is 11.6. The van der Waals surface area contributed by atoms with Gasteiger partial charge in [-0.05, 0) is 31.2 Å². The number of carbonyl (C=O) groups excluding carboxylic acids is 2. The van der Waals surface area contributed by atoms with Crippen molar-refractivity contribution < 1.29 is 18.7 Å². The number of rotatable bonds is 4. The number of anilines is 1. The van der Waals surface area contributed by atoms with E-state index in [1.807, 2.05) is 12.3 Å². The molecule has 0 aliphatic carbocycles. The van der Waals surface area contributed by atoms with E-state index in [4.69, 9.17) is 9.15 Å². The van der Waals surface area contributed by atoms with Crippen LogP contribution < -0.4 is 5.32 Å². The van der Waals surface area contributed by atoms with Gasteiger partial charge in [-0.3, -0.25) is 4.79 Å². The van der Waals surface area contributed by atoms with Crippen LogP contribution in [0.5, 0.6) is 0 Å². The Bertz CT molecular complexity index is 897. The average molecular weight is 342 g/mol. The zero-order valence-corrected chi connectivity index (χ0v) is 13.8. The van der Waals surface area contributed by atoms with Crippen molar-refractivity contribution in [3.05, 3.63) is 58.1 Å². The van der Waals surface area contributed by atoms with Crippen molar-refractivity contribution in [1.82, 2.24) is 4.98 Å². The van der Waals surface area contributed by atoms with Crippen molar-refractivity contribution in [2.75, 3.05) is 12.4 Å². The van der Waals surface area contributed by atoms with E-state index in [1.165, 1.54) is 18.4 Å². The molecular weight excluding hydrogens is 328 g/mol. The second-order valence-corrected chi connectivity index (χ2v) is 5.97. The molecule has 0 unspecified atom stereocenters. The molecular formula is C17H14N2O4S. The van der Waals surface area contributed by atoms with Gasteiger partial charge in [0, 0.05) is 5.38 Å². The van der Waals surface area contributed by atoms with Crippen LogP contribution in [0.15, 0.2) is 46.2 Å². The van der Waals surface area contributed by atoms with E-state index in [0.29, 0.717) is 17.1 Å². The number of nitrogens with zero attached hydrogens (tertiary/aromatic N) is 1. The van der Waals surface area contributed by atoms with E-state index in [1.54, 1.807) is 36.4 Å². The first kappa shape index (κ1) is 15.9. The number of para-hydroxylation sites is 1. The molecule has 0 aliphatic rings. The molecule has 24 heavy (non-hydrogen) atoms. The maximum atomic E-state index is 12.4. The van der Waals surface area contributed by atoms with Gasteiger partial charge in [-0.1, -0.05) is 12.1 Å². The average Bonchev–Trinajstić information content (AvgIpc) is 3.23. The van der Waals surface area contributed by atoms with Gasteiger partial charge in [0.2, 0.25) is 0 Å². The van der Waals surface area contributed by atoms with Crippen LogP contribution in [0.4, 0.5) is 5.69 Å². The monoisotopic (exact) mass is 342 g/mol. The van der Waals surface area contributed by atoms with E-state index in [2.05, 4.69) is 10.3 Å². The Morgan fingerprint density at radius 2 is 2.00 bits per heavy atom. The molecule has 0 atom stereocenters. The summed E-state index contributed by atoms with van der Waals surface area (Å²) in [5.74, 6) is -0.324. The quantitative estimate of drug-likeness (QED) is 0.730. The Balaban J connectivity index is 1.81. The number of hydrogen-bond donors (Lipinski definition) is 1. The lowest BCUT2D eigenvalue weighted by Crippen LogP contribution is -2.14. The van der Waals surface area contributed by atoms with Crippen LogP contribution in [0, 0.1) is 6.92 Å². The number of ether oxygens (including phenoxy) is 1. The number of amides is 1. The van der Waals surface area contributed by atoms with Crippen LogP contribution >= 0.6 is 11.3 Å². The standard InChI is InChI=1S/C17H14N2O4S/c1-10-18-13(9-24-10)14-7-8-15(23-14)16(20)19-12-6-4-3-5-11(12)17(21)22-2/h3-9H,1-2H3,(H,19,20). The third kappa shape index (κ3) is 3.21. The molecule has 2 aromatic heterocycles. The Kier molecular flexibility index (Phi) is 4.43. The van der Waals surface area contributed by atoms with Crippen LogP contribution in [-0.4, -0.2) is 24.0 Å². The largest absolute Gasteiger partial charge is 0.465 e. The molecule has 0 fully saturated rings. The fourth-order valence-electron chi connectivity index (χ4n) is 2.14. The van der Waals surface area contributed by atoms with Gasteiger partial charge < -0.3 is 14.5 Å². The topological polar surface area (TPSA) is 81.4 Å². The lowest BCUT2D eigenvalue weighted by atomic mass is 10.2. The van der Waals surface area contributed by atoms with Gasteiger partial charge in [-0.15, -0.1) is 11.3 Å². The zero-order valence-electron chi connectivity index (χ0n) is 13.0. The molecule has 122 valence electrons. The number of furan rings is 1. The summed E-state index contributed by atoms with van der Waals surface area (Å²) in [5.41, 5.74) is 1.32. The number of carbonyl (C=O) groups is 2. The van der Waals surface area contributed by atoms with Crippen LogP contribution in [0.25, 0.3) is 11.5 Å². The SMILES string of the molecule is COC(=O)c1ccccc1NC(=O)c1ccc(-c2csc(C)n2)o1. The van der Waals surface area contributed by atoms with Gasteiger partial charge in [-0.25, -0.2) is 9.78 Å². The van der Waals surface area contributed by atoms with E-state index in [-0.39, 0.29) is 11.3 Å². The summed E-state index contributed by atoms with van der Waals surface area (Å²) in [6.07, 6.45) is 0. The lowest BCUT2D eigenvalue weighted by Gasteiger charge is -2.08. The molecule has 7 heteroatoms. The summed E-state index contributed by atoms with van der Waals surface area (Å²) in [6.45, 7) is 1.90. The molecule has 3 rings (SSSR count). The maximum absolute atomic E-state index is 12.4. The maximum Gasteiger partial charge on any atom is 0.339 e. The molecule has 0 spiro atoms. The molecule has 1 aromatic carbocycles. The van der Waals surface area contributed by atoms with Crippen molar-refractivity contribution in [1.29, 1.82) is 0 Å². The highest BCUT2D eigenvalue weighted by atomic mass is 32.1. The summed E-state index contributed by atoms with van der Waals surface area (Å²) in [7, 11) is 1.29. The van der Waals surface area contributed by atoms with Crippen molar-refractivity contribution >= 4 is 28.9 Å². The number of benzene rings is 1. The Hall–Kier alpha value is -2.93. The van der Waals surface area contributed by atoms with Crippen molar-refractivity contribution in [2.24, 2.45) is 0 Å². The molecule has 0 aliphatic heterocycles. The van der Waals surface area contributed by atoms with Gasteiger partial charge in [0.1, 0.15) is 5.69 Å². The van der Waals surface area contributed by atoms with E-state index < -0.39 is 11.9 Å². The molecule has 0 saturated carbocycles. The molecule has 0 saturated heterocycles. The molecule has 3 aromatic rings. The number of thiazole rings is 1. The van der Waals surface area contributed by atoms with Gasteiger partial charge in [0.15, 0.2) is 11.5 Å². The Morgan fingerprint density at radius 1 is 1.21 bits per heavy atom. The predicted molar refractivity (Wildman–Crippen MR) is 90.3 cm³/mol. The van der Waals surface area contributed by atoms with Gasteiger partial charge >= 0.3 is 5.97 Å². The second-order valence-electron chi connectivity index (χ2n) is 4.91. The fourth-order valence-corrected chi connectivity index (χ4v) is 2.74. The highest BCUT2D eigenvalue weighted by molar-refractivity contribution is 7.09. The minimum absolute atomic E-state index is 0.135. The highest BCUT2D eigenvalue weighted by Gasteiger charge is 2.17. The summed E-state index contributed by atoms with van der Waals surface area (Å²) >= 11 is 1.50. The molecule has 0 radical (unpaired) electrons. The van der Waals surface area contributed by atoms with Crippen LogP contribution in [0.3, 0.4) is 0 Å². The molecule has 1 amide bonds. The van der Waals surface area contributed by atoms with Crippen LogP contribution in [0.2, 0.25) is 0 Å². The number of aryl methyl sites for hydroxylation is 1. The Morgan fingerprint density at radius 3 is 2.71 bits per heavy atom. The second kappa shape index (κ2) is 6.67. The summed E-state index contributed by atoms with van der Waals surface area (Å²) in [6, 6.07) is 9.87. The van der Waals surface area contributed by atoms with Crippen molar-refractivity contribution in [3.63, 3.8) is 0 Å². The van der Waals surface area contributed by atoms with Crippen LogP contribution in [-0.2, 0) is 4.74 Å². The number of hydrogen-bond acceptors (Lipinski definition) is 6. The highest BCUT2D eigenvalue weighted by Crippen LogP contribution is 2.24. The van der Waals surface area contributed by atoms with Gasteiger partial charge in [0.25, 0.3) is 5.91 Å². The number of methoxy groups -OCH3 is 1. The van der Waals surface area contributed by atoms with Gasteiger partial charge in [0.05, 0.1) is 23.4 Å². The number of esters is 1. The fraction of sp³-hybridized carbons (Fsp3) is 0.118. The van der Waals surface area contributed by atoms with Crippen LogP contribution in [0.1, 0.15) is 25.9 Å². The summed E-state index contributed by atoms with van der Waals surface area (Å²) < 4.78 is 10.3. The predicted octanol–water partition coefficient (Wildman–Crippen LogP) is 3.75. The molecule has 0 bridgehead atoms. The minimum atomic E-state index is -0.524. The summed E-state index contributed by atoms with van der Waals surface area (Å²) in [5, 5.41) is 5.44. The third-order valence-electron chi connectivity index (χ3n) is 3.28. The normalized spacial score (nSPS) is 10.4. The minimum Gasteiger partial charge on any atom is -0.465 e. The van der Waals surface area contributed by atoms with E-state index in [9.17, 15) is 9.59 Å². The smallest absolute Gasteiger partial charge is 0.339 e. The molecule has 1 N–H and O–H groups in total. The first-order valence-corrected chi connectivity index (χ1v) is 7.97. The lowest BCUT2D eigenvalue weighted by molar-refractivity contribution is 0.0602. The van der Waals surface area contributed by atoms with Crippen molar-refractivity contribution in [3.8, 4) is 11.5 Å². The van der Waals surface area contributed by atoms with E-state index in [0.717, 1.165) is 5.01 Å². The zero-order chi connectivity index (χ0) is 17.1. The summed E-state index contributed by atoms with van der Waals surface area (Å²) in [4.78, 5) is 28.4. The molecule has 2 heterocycles. The first-order valence-electron chi connectivity index (χ1n) is 7.09. The van der Waals surface area contributed by atoms with Gasteiger partial charge in [-0.2, -0.15) is 0 Å². The third-order valence-corrected chi connectivity index (χ3v) is 4.06. The number of aromatic nitrogens is 1. The number of nitrogens with one attached hydrogen (secondary N) is 1. The molecule has 6 nitrogen and oxygen atoms in total.